The monoisotopic (exact) mass is 788 g/mol. The number of β-amino-alcohol motifs (C(OH)–C–C–N with tert-alkyl or cyclic N) is 1. The summed E-state index contributed by atoms with van der Waals surface area (Å²) in [5, 5.41) is 48.1. The Balaban J connectivity index is 1.20. The fourth-order valence-electron chi connectivity index (χ4n) is 6.27. The lowest BCUT2D eigenvalue weighted by molar-refractivity contribution is 0.103. The number of pyridine rings is 1. The first kappa shape index (κ1) is 37.7. The van der Waals surface area contributed by atoms with Crippen LogP contribution in [0.5, 0.6) is 11.5 Å². The fraction of sp³-hybridized carbons (Fsp3) is 0.359. The van der Waals surface area contributed by atoms with Crippen LogP contribution in [0.2, 0.25) is 5.02 Å². The van der Waals surface area contributed by atoms with E-state index in [1.807, 2.05) is 24.4 Å². The highest BCUT2D eigenvalue weighted by Gasteiger charge is 2.23. The SMILES string of the molecule is CC(CO)(CO)NCc1cc(Cl)c(OCc2cccc(-c3cccc4c3cnn4CCCN3CC[C@@H](O)C3)c2Br)cc1COc1cncc(C#N)c1. The average Bonchev–Trinajstić information content (AvgIpc) is 3.79. The second-order valence-electron chi connectivity index (χ2n) is 13.4. The van der Waals surface area contributed by atoms with E-state index in [2.05, 4.69) is 66.1 Å². The minimum Gasteiger partial charge on any atom is -0.487 e. The quantitative estimate of drug-likeness (QED) is 0.0962. The third-order valence-corrected chi connectivity index (χ3v) is 10.7. The molecule has 13 heteroatoms. The minimum atomic E-state index is -0.899. The predicted octanol–water partition coefficient (Wildman–Crippen LogP) is 5.83. The summed E-state index contributed by atoms with van der Waals surface area (Å²) in [7, 11) is 0. The van der Waals surface area contributed by atoms with Crippen LogP contribution in [-0.2, 0) is 26.3 Å². The second-order valence-corrected chi connectivity index (χ2v) is 14.6. The summed E-state index contributed by atoms with van der Waals surface area (Å²) in [5.74, 6) is 0.902. The highest BCUT2D eigenvalue weighted by molar-refractivity contribution is 9.10. The van der Waals surface area contributed by atoms with E-state index < -0.39 is 5.54 Å². The standard InChI is InChI=1S/C39H42BrClN6O5/c1-39(24-48,25-49)44-18-28-14-35(41)37(15-29(28)23-51-31-13-26(16-42)17-43-19-31)52-22-27-5-2-7-33(38(27)40)32-6-3-8-36-34(32)20-45-47(36)11-4-10-46-12-9-30(50)21-46/h2-3,5-8,13-15,17,19-20,30,44,48-50H,4,9-12,18,21-25H2,1H3/t30-/m1/s1. The first-order valence-corrected chi connectivity index (χ1v) is 18.4. The number of aryl methyl sites for hydroxylation is 1. The van der Waals surface area contributed by atoms with Gasteiger partial charge in [0.2, 0.25) is 0 Å². The molecule has 11 nitrogen and oxygen atoms in total. The first-order chi connectivity index (χ1) is 25.2. The zero-order chi connectivity index (χ0) is 36.7. The van der Waals surface area contributed by atoms with Gasteiger partial charge in [-0.1, -0.05) is 41.9 Å². The van der Waals surface area contributed by atoms with Crippen molar-refractivity contribution in [2.75, 3.05) is 32.8 Å². The number of fused-ring (bicyclic) bond motifs is 1. The maximum absolute atomic E-state index is 9.85. The molecule has 1 aliphatic rings. The summed E-state index contributed by atoms with van der Waals surface area (Å²) in [4.78, 5) is 6.39. The molecule has 0 aliphatic carbocycles. The van der Waals surface area contributed by atoms with Gasteiger partial charge in [0.05, 0.1) is 53.4 Å². The van der Waals surface area contributed by atoms with Gasteiger partial charge < -0.3 is 35.0 Å². The zero-order valence-electron chi connectivity index (χ0n) is 28.9. The summed E-state index contributed by atoms with van der Waals surface area (Å²) < 4.78 is 15.3. The molecule has 3 aromatic carbocycles. The molecule has 0 radical (unpaired) electrons. The van der Waals surface area contributed by atoms with Crippen molar-refractivity contribution in [3.05, 3.63) is 105 Å². The van der Waals surface area contributed by atoms with E-state index in [0.29, 0.717) is 28.6 Å². The molecule has 2 aromatic heterocycles. The number of likely N-dealkylation sites (tertiary alicyclic amines) is 1. The molecule has 0 bridgehead atoms. The van der Waals surface area contributed by atoms with Gasteiger partial charge >= 0.3 is 0 Å². The van der Waals surface area contributed by atoms with Crippen LogP contribution >= 0.6 is 27.5 Å². The number of aromatic nitrogens is 3. The molecule has 1 fully saturated rings. The number of hydrogen-bond acceptors (Lipinski definition) is 10. The van der Waals surface area contributed by atoms with Gasteiger partial charge in [0.1, 0.15) is 30.8 Å². The number of aliphatic hydroxyl groups is 3. The molecule has 52 heavy (non-hydrogen) atoms. The lowest BCUT2D eigenvalue weighted by Crippen LogP contribution is -2.48. The maximum atomic E-state index is 9.85. The molecule has 4 N–H and O–H groups in total. The summed E-state index contributed by atoms with van der Waals surface area (Å²) in [6.07, 6.45) is 6.52. The van der Waals surface area contributed by atoms with Gasteiger partial charge in [-0.25, -0.2) is 0 Å². The topological polar surface area (TPSA) is 149 Å². The van der Waals surface area contributed by atoms with Crippen molar-refractivity contribution in [3.8, 4) is 28.7 Å². The van der Waals surface area contributed by atoms with E-state index >= 15 is 0 Å². The number of benzene rings is 3. The first-order valence-electron chi connectivity index (χ1n) is 17.2. The van der Waals surface area contributed by atoms with E-state index in [1.54, 1.807) is 25.3 Å². The number of hydrogen-bond donors (Lipinski definition) is 4. The van der Waals surface area contributed by atoms with Crippen molar-refractivity contribution in [2.45, 2.75) is 57.7 Å². The minimum absolute atomic E-state index is 0.133. The largest absolute Gasteiger partial charge is 0.487 e. The van der Waals surface area contributed by atoms with E-state index in [9.17, 15) is 20.6 Å². The van der Waals surface area contributed by atoms with Crippen LogP contribution < -0.4 is 14.8 Å². The van der Waals surface area contributed by atoms with Gasteiger partial charge in [-0.2, -0.15) is 10.4 Å². The molecule has 1 atom stereocenters. The van der Waals surface area contributed by atoms with Crippen molar-refractivity contribution in [1.29, 1.82) is 5.26 Å². The highest BCUT2D eigenvalue weighted by Crippen LogP contribution is 2.37. The van der Waals surface area contributed by atoms with Crippen LogP contribution in [0.3, 0.4) is 0 Å². The number of nitrogens with zero attached hydrogens (tertiary/aromatic N) is 5. The number of nitriles is 1. The number of aliphatic hydroxyl groups excluding tert-OH is 3. The van der Waals surface area contributed by atoms with E-state index in [-0.39, 0.29) is 32.5 Å². The van der Waals surface area contributed by atoms with Crippen LogP contribution in [0.4, 0.5) is 0 Å². The smallest absolute Gasteiger partial charge is 0.139 e. The van der Waals surface area contributed by atoms with E-state index in [4.69, 9.17) is 26.2 Å². The molecule has 1 saturated heterocycles. The highest BCUT2D eigenvalue weighted by atomic mass is 79.9. The van der Waals surface area contributed by atoms with E-state index in [1.165, 1.54) is 6.20 Å². The van der Waals surface area contributed by atoms with Crippen LogP contribution in [0, 0.1) is 11.3 Å². The summed E-state index contributed by atoms with van der Waals surface area (Å²) >= 11 is 10.6. The normalized spacial score (nSPS) is 14.9. The predicted molar refractivity (Wildman–Crippen MR) is 203 cm³/mol. The van der Waals surface area contributed by atoms with Crippen LogP contribution in [-0.4, -0.2) is 79.5 Å². The number of halogens is 2. The van der Waals surface area contributed by atoms with Gasteiger partial charge in [0, 0.05) is 60.4 Å². The Morgan fingerprint density at radius 2 is 1.79 bits per heavy atom. The Labute approximate surface area is 316 Å². The Morgan fingerprint density at radius 3 is 2.56 bits per heavy atom. The third-order valence-electron chi connectivity index (χ3n) is 9.43. The van der Waals surface area contributed by atoms with Gasteiger partial charge in [0.15, 0.2) is 0 Å². The molecule has 0 amide bonds. The zero-order valence-corrected chi connectivity index (χ0v) is 31.3. The lowest BCUT2D eigenvalue weighted by Gasteiger charge is -2.27. The van der Waals surface area contributed by atoms with Gasteiger partial charge in [-0.15, -0.1) is 0 Å². The fourth-order valence-corrected chi connectivity index (χ4v) is 7.10. The summed E-state index contributed by atoms with van der Waals surface area (Å²) in [6, 6.07) is 19.6. The molecule has 0 spiro atoms. The molecular formula is C39H42BrClN6O5. The van der Waals surface area contributed by atoms with Gasteiger partial charge in [-0.05, 0) is 76.1 Å². The number of rotatable bonds is 16. The third kappa shape index (κ3) is 8.93. The van der Waals surface area contributed by atoms with Crippen molar-refractivity contribution >= 4 is 38.4 Å². The Kier molecular flexibility index (Phi) is 12.5. The lowest BCUT2D eigenvalue weighted by atomic mass is 10.00. The summed E-state index contributed by atoms with van der Waals surface area (Å²) in [6.45, 7) is 5.29. The Hall–Kier alpha value is -4.06. The van der Waals surface area contributed by atoms with Gasteiger partial charge in [0.25, 0.3) is 0 Å². The van der Waals surface area contributed by atoms with Crippen molar-refractivity contribution < 1.29 is 24.8 Å². The Morgan fingerprint density at radius 1 is 1.00 bits per heavy atom. The molecule has 3 heterocycles. The number of ether oxygens (including phenoxy) is 2. The molecule has 0 saturated carbocycles. The van der Waals surface area contributed by atoms with Crippen LogP contribution in [0.15, 0.2) is 77.7 Å². The number of nitrogens with one attached hydrogen (secondary N) is 1. The maximum Gasteiger partial charge on any atom is 0.139 e. The Bertz CT molecular complexity index is 2050. The van der Waals surface area contributed by atoms with Crippen molar-refractivity contribution in [2.24, 2.45) is 0 Å². The molecular weight excluding hydrogens is 748 g/mol. The molecule has 5 aromatic rings. The summed E-state index contributed by atoms with van der Waals surface area (Å²) in [5.41, 5.74) is 5.11. The molecule has 1 aliphatic heterocycles. The molecule has 0 unspecified atom stereocenters. The average molecular weight is 790 g/mol. The van der Waals surface area contributed by atoms with Crippen LogP contribution in [0.1, 0.15) is 42.0 Å². The molecule has 272 valence electrons. The second kappa shape index (κ2) is 17.2. The van der Waals surface area contributed by atoms with Crippen molar-refractivity contribution in [1.82, 2.24) is 25.0 Å². The molecule has 6 rings (SSSR count). The van der Waals surface area contributed by atoms with Crippen LogP contribution in [0.25, 0.3) is 22.0 Å². The van der Waals surface area contributed by atoms with Crippen molar-refractivity contribution in [3.63, 3.8) is 0 Å². The van der Waals surface area contributed by atoms with Gasteiger partial charge in [-0.3, -0.25) is 9.67 Å². The van der Waals surface area contributed by atoms with E-state index in [0.717, 1.165) is 82.2 Å².